The third-order valence-corrected chi connectivity index (χ3v) is 2.71. The topological polar surface area (TPSA) is 12.0 Å². The van der Waals surface area contributed by atoms with E-state index in [2.05, 4.69) is 11.9 Å². The number of hydrogen-bond donors (Lipinski definition) is 1. The highest BCUT2D eigenvalue weighted by Gasteiger charge is 2.13. The molecule has 2 rings (SSSR count). The molecule has 0 amide bonds. The molecule has 4 heteroatoms. The van der Waals surface area contributed by atoms with Crippen LogP contribution in [0.3, 0.4) is 0 Å². The number of benzene rings is 2. The molecule has 98 valence electrons. The van der Waals surface area contributed by atoms with E-state index in [9.17, 15) is 13.2 Å². The molecule has 0 radical (unpaired) electrons. The van der Waals surface area contributed by atoms with E-state index >= 15 is 0 Å². The second kappa shape index (κ2) is 5.61. The second-order valence-corrected chi connectivity index (χ2v) is 4.05. The molecule has 0 bridgehead atoms. The van der Waals surface area contributed by atoms with Crippen molar-refractivity contribution in [1.29, 1.82) is 0 Å². The van der Waals surface area contributed by atoms with Crippen LogP contribution < -0.4 is 5.32 Å². The fraction of sp³-hybridized carbons (Fsp3) is 0.0667. The molecule has 2 aromatic rings. The lowest BCUT2D eigenvalue weighted by atomic mass is 10.1. The largest absolute Gasteiger partial charge is 0.379 e. The Labute approximate surface area is 109 Å². The Morgan fingerprint density at radius 2 is 1.63 bits per heavy atom. The van der Waals surface area contributed by atoms with Crippen molar-refractivity contribution in [2.24, 2.45) is 0 Å². The molecule has 0 aliphatic carbocycles. The van der Waals surface area contributed by atoms with Crippen molar-refractivity contribution in [2.75, 3.05) is 11.9 Å². The van der Waals surface area contributed by atoms with E-state index in [1.807, 2.05) is 30.3 Å². The van der Waals surface area contributed by atoms with Crippen LogP contribution in [0.2, 0.25) is 0 Å². The fourth-order valence-electron chi connectivity index (χ4n) is 1.64. The van der Waals surface area contributed by atoms with Crippen LogP contribution in [0.15, 0.2) is 49.0 Å². The van der Waals surface area contributed by atoms with Crippen molar-refractivity contribution >= 4 is 11.3 Å². The van der Waals surface area contributed by atoms with Crippen molar-refractivity contribution in [3.8, 4) is 0 Å². The van der Waals surface area contributed by atoms with Gasteiger partial charge in [-0.05, 0) is 23.3 Å². The molecule has 0 atom stereocenters. The van der Waals surface area contributed by atoms with Gasteiger partial charge in [0.05, 0.1) is 5.69 Å². The maximum absolute atomic E-state index is 13.4. The molecule has 0 unspecified atom stereocenters. The molecule has 0 saturated heterocycles. The summed E-state index contributed by atoms with van der Waals surface area (Å²) in [6.45, 7) is 4.10. The van der Waals surface area contributed by atoms with Gasteiger partial charge in [-0.2, -0.15) is 0 Å². The molecule has 1 nitrogen and oxygen atoms in total. The lowest BCUT2D eigenvalue weighted by Gasteiger charge is -2.10. The maximum atomic E-state index is 13.4. The van der Waals surface area contributed by atoms with E-state index in [0.29, 0.717) is 0 Å². The van der Waals surface area contributed by atoms with Crippen LogP contribution in [0.4, 0.5) is 18.9 Å². The van der Waals surface area contributed by atoms with E-state index in [4.69, 9.17) is 0 Å². The summed E-state index contributed by atoms with van der Waals surface area (Å²) in [6.07, 6.45) is 0. The van der Waals surface area contributed by atoms with Crippen LogP contribution in [0, 0.1) is 17.5 Å². The summed E-state index contributed by atoms with van der Waals surface area (Å²) >= 11 is 0. The van der Waals surface area contributed by atoms with Crippen molar-refractivity contribution in [2.45, 2.75) is 0 Å². The molecule has 0 aliphatic rings. The zero-order chi connectivity index (χ0) is 13.8. The molecule has 0 heterocycles. The summed E-state index contributed by atoms with van der Waals surface area (Å²) in [5.74, 6) is -3.90. The van der Waals surface area contributed by atoms with Crippen LogP contribution in [-0.4, -0.2) is 6.54 Å². The minimum absolute atomic E-state index is 0.0871. The summed E-state index contributed by atoms with van der Waals surface area (Å²) < 4.78 is 39.2. The molecule has 1 N–H and O–H groups in total. The van der Waals surface area contributed by atoms with Gasteiger partial charge in [0.2, 0.25) is 0 Å². The summed E-state index contributed by atoms with van der Waals surface area (Å²) in [6, 6.07) is 11.4. The van der Waals surface area contributed by atoms with E-state index in [-0.39, 0.29) is 12.2 Å². The number of rotatable bonds is 4. The predicted molar refractivity (Wildman–Crippen MR) is 70.3 cm³/mol. The number of halogens is 3. The SMILES string of the molecule is C=C(CNc1ccc(F)c(F)c1F)c1ccccc1. The van der Waals surface area contributed by atoms with Crippen molar-refractivity contribution < 1.29 is 13.2 Å². The summed E-state index contributed by atoms with van der Waals surface area (Å²) in [4.78, 5) is 0. The van der Waals surface area contributed by atoms with Gasteiger partial charge in [-0.25, -0.2) is 13.2 Å². The Morgan fingerprint density at radius 3 is 2.32 bits per heavy atom. The van der Waals surface area contributed by atoms with Crippen LogP contribution in [-0.2, 0) is 0 Å². The van der Waals surface area contributed by atoms with Gasteiger partial charge in [0.25, 0.3) is 0 Å². The molecular formula is C15H12F3N. The first kappa shape index (κ1) is 13.2. The summed E-state index contributed by atoms with van der Waals surface area (Å²) in [5.41, 5.74) is 1.54. The molecule has 19 heavy (non-hydrogen) atoms. The fourth-order valence-corrected chi connectivity index (χ4v) is 1.64. The number of anilines is 1. The molecular weight excluding hydrogens is 251 g/mol. The zero-order valence-corrected chi connectivity index (χ0v) is 10.1. The van der Waals surface area contributed by atoms with Crippen LogP contribution in [0.5, 0.6) is 0 Å². The first-order valence-electron chi connectivity index (χ1n) is 5.70. The molecule has 0 fully saturated rings. The van der Waals surface area contributed by atoms with Gasteiger partial charge in [0.1, 0.15) is 0 Å². The van der Waals surface area contributed by atoms with Crippen LogP contribution in [0.25, 0.3) is 5.57 Å². The van der Waals surface area contributed by atoms with Gasteiger partial charge >= 0.3 is 0 Å². The predicted octanol–water partition coefficient (Wildman–Crippen LogP) is 4.23. The standard InChI is InChI=1S/C15H12F3N/c1-10(11-5-3-2-4-6-11)9-19-13-8-7-12(16)14(17)15(13)18/h2-8,19H,1,9H2. The Bertz CT molecular complexity index is 594. The molecule has 2 aromatic carbocycles. The highest BCUT2D eigenvalue weighted by Crippen LogP contribution is 2.21. The van der Waals surface area contributed by atoms with Gasteiger partial charge in [0, 0.05) is 6.54 Å². The van der Waals surface area contributed by atoms with Crippen molar-refractivity contribution in [3.05, 3.63) is 72.1 Å². The quantitative estimate of drug-likeness (QED) is 0.814. The van der Waals surface area contributed by atoms with Gasteiger partial charge in [-0.1, -0.05) is 36.9 Å². The zero-order valence-electron chi connectivity index (χ0n) is 10.1. The van der Waals surface area contributed by atoms with Crippen molar-refractivity contribution in [1.82, 2.24) is 0 Å². The Hall–Kier alpha value is -2.23. The molecule has 0 spiro atoms. The minimum atomic E-state index is -1.48. The third-order valence-electron chi connectivity index (χ3n) is 2.71. The number of hydrogen-bond acceptors (Lipinski definition) is 1. The highest BCUT2D eigenvalue weighted by molar-refractivity contribution is 5.67. The van der Waals surface area contributed by atoms with E-state index in [1.165, 1.54) is 0 Å². The molecule has 0 aliphatic heterocycles. The van der Waals surface area contributed by atoms with Gasteiger partial charge in [-0.3, -0.25) is 0 Å². The summed E-state index contributed by atoms with van der Waals surface area (Å²) in [5, 5.41) is 2.70. The smallest absolute Gasteiger partial charge is 0.196 e. The first-order valence-corrected chi connectivity index (χ1v) is 5.70. The highest BCUT2D eigenvalue weighted by atomic mass is 19.2. The van der Waals surface area contributed by atoms with Gasteiger partial charge < -0.3 is 5.32 Å². The van der Waals surface area contributed by atoms with Gasteiger partial charge in [-0.15, -0.1) is 0 Å². The Kier molecular flexibility index (Phi) is 3.90. The normalized spacial score (nSPS) is 10.3. The first-order chi connectivity index (χ1) is 9.09. The summed E-state index contributed by atoms with van der Waals surface area (Å²) in [7, 11) is 0. The second-order valence-electron chi connectivity index (χ2n) is 4.05. The lowest BCUT2D eigenvalue weighted by Crippen LogP contribution is -2.06. The average molecular weight is 263 g/mol. The third kappa shape index (κ3) is 2.96. The van der Waals surface area contributed by atoms with Crippen LogP contribution >= 0.6 is 0 Å². The van der Waals surface area contributed by atoms with E-state index < -0.39 is 17.5 Å². The Morgan fingerprint density at radius 1 is 0.947 bits per heavy atom. The lowest BCUT2D eigenvalue weighted by molar-refractivity contribution is 0.449. The monoisotopic (exact) mass is 263 g/mol. The average Bonchev–Trinajstić information content (AvgIpc) is 2.45. The maximum Gasteiger partial charge on any atom is 0.196 e. The van der Waals surface area contributed by atoms with Gasteiger partial charge in [0.15, 0.2) is 17.5 Å². The van der Waals surface area contributed by atoms with Crippen LogP contribution in [0.1, 0.15) is 5.56 Å². The Balaban J connectivity index is 2.08. The minimum Gasteiger partial charge on any atom is -0.379 e. The molecule has 0 aromatic heterocycles. The van der Waals surface area contributed by atoms with E-state index in [1.54, 1.807) is 0 Å². The van der Waals surface area contributed by atoms with E-state index in [0.717, 1.165) is 23.3 Å². The number of nitrogens with one attached hydrogen (secondary N) is 1. The van der Waals surface area contributed by atoms with Crippen molar-refractivity contribution in [3.63, 3.8) is 0 Å². The molecule has 0 saturated carbocycles.